The van der Waals surface area contributed by atoms with Crippen molar-refractivity contribution in [3.05, 3.63) is 111 Å². The van der Waals surface area contributed by atoms with Crippen LogP contribution in [0.4, 0.5) is 4.79 Å². The Kier molecular flexibility index (Phi) is 7.03. The first-order valence-electron chi connectivity index (χ1n) is 12.3. The van der Waals surface area contributed by atoms with E-state index < -0.39 is 18.1 Å². The van der Waals surface area contributed by atoms with Crippen LogP contribution < -0.4 is 15.7 Å². The third-order valence-electron chi connectivity index (χ3n) is 6.48. The second kappa shape index (κ2) is 10.7. The van der Waals surface area contributed by atoms with E-state index in [1.807, 2.05) is 43.3 Å². The highest BCUT2D eigenvalue weighted by atomic mass is 16.6. The van der Waals surface area contributed by atoms with Gasteiger partial charge >= 0.3 is 17.7 Å². The van der Waals surface area contributed by atoms with Crippen LogP contribution in [0, 0.1) is 6.92 Å². The Morgan fingerprint density at radius 2 is 1.62 bits per heavy atom. The summed E-state index contributed by atoms with van der Waals surface area (Å²) >= 11 is 0. The number of hydrogen-bond acceptors (Lipinski definition) is 6. The van der Waals surface area contributed by atoms with Gasteiger partial charge in [0.2, 0.25) is 0 Å². The van der Waals surface area contributed by atoms with Crippen LogP contribution >= 0.6 is 0 Å². The topological polar surface area (TPSA) is 94.8 Å². The minimum Gasteiger partial charge on any atom is -0.445 e. The fourth-order valence-electron chi connectivity index (χ4n) is 4.72. The SMILES string of the molecule is Cc1cc(OC(=O)[C@@H](NC(=O)OCc2ccccc2)c2ccccc2)c2c3c(c(=O)oc2c1)CCCC3. The molecule has 1 aromatic heterocycles. The average Bonchev–Trinajstić information content (AvgIpc) is 2.91. The minimum absolute atomic E-state index is 0.0664. The highest BCUT2D eigenvalue weighted by molar-refractivity contribution is 5.92. The van der Waals surface area contributed by atoms with Gasteiger partial charge in [0.25, 0.3) is 0 Å². The fraction of sp³-hybridized carbons (Fsp3) is 0.233. The van der Waals surface area contributed by atoms with Crippen LogP contribution in [0.1, 0.15) is 46.7 Å². The van der Waals surface area contributed by atoms with Crippen molar-refractivity contribution in [1.82, 2.24) is 5.32 Å². The maximum Gasteiger partial charge on any atom is 0.408 e. The number of nitrogens with one attached hydrogen (secondary N) is 1. The van der Waals surface area contributed by atoms with Crippen LogP contribution in [-0.4, -0.2) is 12.1 Å². The van der Waals surface area contributed by atoms with Crippen LogP contribution in [-0.2, 0) is 29.0 Å². The van der Waals surface area contributed by atoms with Crippen molar-refractivity contribution >= 4 is 23.0 Å². The smallest absolute Gasteiger partial charge is 0.408 e. The predicted octanol–water partition coefficient (Wildman–Crippen LogP) is 5.55. The number of carbonyl (C=O) groups excluding carboxylic acids is 2. The zero-order valence-corrected chi connectivity index (χ0v) is 20.5. The average molecular weight is 498 g/mol. The second-order valence-corrected chi connectivity index (χ2v) is 9.16. The minimum atomic E-state index is -1.11. The molecule has 1 atom stereocenters. The molecule has 1 heterocycles. The van der Waals surface area contributed by atoms with Gasteiger partial charge in [0, 0.05) is 5.56 Å². The summed E-state index contributed by atoms with van der Waals surface area (Å²) in [4.78, 5) is 38.8. The van der Waals surface area contributed by atoms with E-state index in [4.69, 9.17) is 13.9 Å². The lowest BCUT2D eigenvalue weighted by Crippen LogP contribution is -2.36. The van der Waals surface area contributed by atoms with Crippen LogP contribution in [0.5, 0.6) is 5.75 Å². The first-order valence-corrected chi connectivity index (χ1v) is 12.3. The number of ether oxygens (including phenoxy) is 2. The lowest BCUT2D eigenvalue weighted by molar-refractivity contribution is -0.136. The van der Waals surface area contributed by atoms with E-state index in [1.54, 1.807) is 36.4 Å². The molecule has 0 bridgehead atoms. The summed E-state index contributed by atoms with van der Waals surface area (Å²) in [6, 6.07) is 20.5. The van der Waals surface area contributed by atoms with Gasteiger partial charge in [0.1, 0.15) is 17.9 Å². The lowest BCUT2D eigenvalue weighted by atomic mass is 9.90. The summed E-state index contributed by atoms with van der Waals surface area (Å²) < 4.78 is 16.9. The molecule has 0 fully saturated rings. The van der Waals surface area contributed by atoms with E-state index in [9.17, 15) is 14.4 Å². The Morgan fingerprint density at radius 1 is 0.946 bits per heavy atom. The zero-order chi connectivity index (χ0) is 25.8. The largest absolute Gasteiger partial charge is 0.445 e. The molecule has 4 aromatic rings. The monoisotopic (exact) mass is 497 g/mol. The standard InChI is InChI=1S/C30H27NO6/c1-19-16-24-26(22-14-8-9-15-23(22)28(32)36-24)25(17-19)37-29(33)27(21-12-6-3-7-13-21)31-30(34)35-18-20-10-4-2-5-11-20/h2-7,10-13,16-17,27H,8-9,14-15,18H2,1H3,(H,31,34)/t27-/m0/s1. The van der Waals surface area contributed by atoms with Crippen molar-refractivity contribution in [3.8, 4) is 5.75 Å². The quantitative estimate of drug-likeness (QED) is 0.213. The van der Waals surface area contributed by atoms with Crippen molar-refractivity contribution < 1.29 is 23.5 Å². The van der Waals surface area contributed by atoms with Gasteiger partial charge in [-0.1, -0.05) is 60.7 Å². The fourth-order valence-corrected chi connectivity index (χ4v) is 4.72. The van der Waals surface area contributed by atoms with Gasteiger partial charge in [-0.3, -0.25) is 0 Å². The summed E-state index contributed by atoms with van der Waals surface area (Å²) in [6.45, 7) is 1.90. The number of esters is 1. The van der Waals surface area contributed by atoms with Crippen LogP contribution in [0.2, 0.25) is 0 Å². The van der Waals surface area contributed by atoms with E-state index in [1.165, 1.54) is 0 Å². The molecule has 1 N–H and O–H groups in total. The Bertz CT molecular complexity index is 1490. The van der Waals surface area contributed by atoms with Crippen LogP contribution in [0.25, 0.3) is 11.0 Å². The molecule has 1 amide bonds. The predicted molar refractivity (Wildman–Crippen MR) is 138 cm³/mol. The molecule has 0 aliphatic heterocycles. The molecule has 37 heavy (non-hydrogen) atoms. The Balaban J connectivity index is 1.45. The van der Waals surface area contributed by atoms with Gasteiger partial charge in [-0.15, -0.1) is 0 Å². The third-order valence-corrected chi connectivity index (χ3v) is 6.48. The molecule has 0 spiro atoms. The number of benzene rings is 3. The Labute approximate surface area is 214 Å². The van der Waals surface area contributed by atoms with E-state index in [0.29, 0.717) is 40.7 Å². The molecule has 188 valence electrons. The molecular weight excluding hydrogens is 470 g/mol. The maximum absolute atomic E-state index is 13.5. The van der Waals surface area contributed by atoms with Crippen LogP contribution in [0.3, 0.4) is 0 Å². The van der Waals surface area contributed by atoms with E-state index in [0.717, 1.165) is 29.5 Å². The molecule has 5 rings (SSSR count). The molecule has 1 aliphatic rings. The first-order chi connectivity index (χ1) is 18.0. The van der Waals surface area contributed by atoms with Crippen molar-refractivity contribution in [2.75, 3.05) is 0 Å². The molecule has 3 aromatic carbocycles. The van der Waals surface area contributed by atoms with Crippen LogP contribution in [0.15, 0.2) is 82.0 Å². The van der Waals surface area contributed by atoms with E-state index in [-0.39, 0.29) is 12.2 Å². The summed E-state index contributed by atoms with van der Waals surface area (Å²) in [5.41, 5.74) is 3.72. The number of aryl methyl sites for hydroxylation is 2. The van der Waals surface area contributed by atoms with Gasteiger partial charge in [-0.25, -0.2) is 14.4 Å². The molecule has 0 radical (unpaired) electrons. The van der Waals surface area contributed by atoms with Crippen molar-refractivity contribution in [2.24, 2.45) is 0 Å². The summed E-state index contributed by atoms with van der Waals surface area (Å²) in [5, 5.41) is 3.28. The number of hydrogen-bond donors (Lipinski definition) is 1. The van der Waals surface area contributed by atoms with E-state index in [2.05, 4.69) is 5.32 Å². The number of alkyl carbamates (subject to hydrolysis) is 1. The van der Waals surface area contributed by atoms with Gasteiger partial charge < -0.3 is 19.2 Å². The van der Waals surface area contributed by atoms with Crippen molar-refractivity contribution in [2.45, 2.75) is 45.3 Å². The molecule has 7 nitrogen and oxygen atoms in total. The van der Waals surface area contributed by atoms with Crippen molar-refractivity contribution in [1.29, 1.82) is 0 Å². The second-order valence-electron chi connectivity index (χ2n) is 9.16. The number of fused-ring (bicyclic) bond motifs is 3. The van der Waals surface area contributed by atoms with Gasteiger partial charge in [0.15, 0.2) is 6.04 Å². The molecule has 1 aliphatic carbocycles. The van der Waals surface area contributed by atoms with Gasteiger partial charge in [-0.05, 0) is 67.0 Å². The first kappa shape index (κ1) is 24.3. The summed E-state index contributed by atoms with van der Waals surface area (Å²) in [6.07, 6.45) is 2.45. The molecular formula is C30H27NO6. The number of rotatable bonds is 6. The molecule has 7 heteroatoms. The zero-order valence-electron chi connectivity index (χ0n) is 20.5. The van der Waals surface area contributed by atoms with Crippen molar-refractivity contribution in [3.63, 3.8) is 0 Å². The van der Waals surface area contributed by atoms with Gasteiger partial charge in [0.05, 0.1) is 5.39 Å². The highest BCUT2D eigenvalue weighted by Crippen LogP contribution is 2.35. The third kappa shape index (κ3) is 5.40. The maximum atomic E-state index is 13.5. The number of carbonyl (C=O) groups is 2. The van der Waals surface area contributed by atoms with E-state index >= 15 is 0 Å². The molecule has 0 saturated carbocycles. The molecule has 0 unspecified atom stereocenters. The Hall–Kier alpha value is -4.39. The van der Waals surface area contributed by atoms with Gasteiger partial charge in [-0.2, -0.15) is 0 Å². The summed E-state index contributed by atoms with van der Waals surface area (Å²) in [7, 11) is 0. The molecule has 0 saturated heterocycles. The Morgan fingerprint density at radius 3 is 2.35 bits per heavy atom. The highest BCUT2D eigenvalue weighted by Gasteiger charge is 2.28. The lowest BCUT2D eigenvalue weighted by Gasteiger charge is -2.21. The normalized spacial score (nSPS) is 13.4. The summed E-state index contributed by atoms with van der Waals surface area (Å²) in [5.74, 6) is -0.368. The number of amides is 1.